The Labute approximate surface area is 100.0 Å². The van der Waals surface area contributed by atoms with Crippen molar-refractivity contribution in [3.05, 3.63) is 48.6 Å². The molecule has 3 N–H and O–H groups in total. The molecule has 1 aliphatic carbocycles. The number of benzene rings is 1. The van der Waals surface area contributed by atoms with Crippen LogP contribution in [0.25, 0.3) is 0 Å². The molecule has 0 radical (unpaired) electrons. The van der Waals surface area contributed by atoms with Gasteiger partial charge in [-0.1, -0.05) is 18.2 Å². The van der Waals surface area contributed by atoms with Crippen LogP contribution in [0, 0.1) is 0 Å². The van der Waals surface area contributed by atoms with Crippen LogP contribution in [-0.4, -0.2) is 18.5 Å². The number of nitrogen functional groups attached to an aromatic ring is 1. The summed E-state index contributed by atoms with van der Waals surface area (Å²) in [5.41, 5.74) is 5.98. The standard InChI is InChI=1S/C12H13NO3S/c13-10-4-6-11(7-5-10)17(15,16)12(14)8-2-1-3-9-12/h1-8,14H,9,13H2. The molecule has 0 spiro atoms. The van der Waals surface area contributed by atoms with Crippen molar-refractivity contribution in [3.8, 4) is 0 Å². The molecule has 1 aliphatic rings. The predicted octanol–water partition coefficient (Wildman–Crippen LogP) is 1.25. The molecule has 1 aromatic rings. The Kier molecular flexibility index (Phi) is 2.81. The normalized spacial score (nSPS) is 23.8. The Balaban J connectivity index is 2.47. The number of rotatable bonds is 2. The number of allylic oxidation sites excluding steroid dienone is 2. The van der Waals surface area contributed by atoms with E-state index in [-0.39, 0.29) is 11.3 Å². The first-order chi connectivity index (χ1) is 7.96. The zero-order chi connectivity index (χ0) is 12.5. The Hall–Kier alpha value is -1.59. The van der Waals surface area contributed by atoms with Crippen LogP contribution in [0.15, 0.2) is 53.5 Å². The second-order valence-corrected chi connectivity index (χ2v) is 6.09. The second-order valence-electron chi connectivity index (χ2n) is 3.91. The molecular weight excluding hydrogens is 238 g/mol. The molecule has 1 unspecified atom stereocenters. The van der Waals surface area contributed by atoms with Crippen molar-refractivity contribution in [2.75, 3.05) is 5.73 Å². The maximum atomic E-state index is 12.2. The van der Waals surface area contributed by atoms with Crippen molar-refractivity contribution in [1.82, 2.24) is 0 Å². The summed E-state index contributed by atoms with van der Waals surface area (Å²) >= 11 is 0. The van der Waals surface area contributed by atoms with E-state index in [1.54, 1.807) is 12.2 Å². The maximum absolute atomic E-state index is 12.2. The van der Waals surface area contributed by atoms with Gasteiger partial charge >= 0.3 is 0 Å². The van der Waals surface area contributed by atoms with Crippen LogP contribution < -0.4 is 5.73 Å². The molecule has 17 heavy (non-hydrogen) atoms. The quantitative estimate of drug-likeness (QED) is 0.775. The van der Waals surface area contributed by atoms with Gasteiger partial charge in [0.1, 0.15) is 0 Å². The average molecular weight is 251 g/mol. The van der Waals surface area contributed by atoms with Crippen molar-refractivity contribution >= 4 is 15.5 Å². The van der Waals surface area contributed by atoms with Crippen LogP contribution in [0.2, 0.25) is 0 Å². The van der Waals surface area contributed by atoms with E-state index < -0.39 is 14.8 Å². The summed E-state index contributed by atoms with van der Waals surface area (Å²) in [5.74, 6) is 0. The highest BCUT2D eigenvalue weighted by atomic mass is 32.2. The van der Waals surface area contributed by atoms with Crippen molar-refractivity contribution in [3.63, 3.8) is 0 Å². The third-order valence-corrected chi connectivity index (χ3v) is 4.80. The number of sulfone groups is 1. The van der Waals surface area contributed by atoms with Crippen LogP contribution in [0.3, 0.4) is 0 Å². The minimum absolute atomic E-state index is 0.0518. The number of anilines is 1. The van der Waals surface area contributed by atoms with E-state index in [0.717, 1.165) is 0 Å². The smallest absolute Gasteiger partial charge is 0.211 e. The summed E-state index contributed by atoms with van der Waals surface area (Å²) in [6.07, 6.45) is 6.19. The van der Waals surface area contributed by atoms with Crippen LogP contribution in [0.1, 0.15) is 6.42 Å². The van der Waals surface area contributed by atoms with Crippen molar-refractivity contribution in [1.29, 1.82) is 0 Å². The molecule has 0 heterocycles. The molecule has 0 amide bonds. The van der Waals surface area contributed by atoms with Gasteiger partial charge in [0, 0.05) is 12.1 Å². The lowest BCUT2D eigenvalue weighted by Crippen LogP contribution is -2.36. The Morgan fingerprint density at radius 2 is 1.82 bits per heavy atom. The van der Waals surface area contributed by atoms with Gasteiger partial charge in [0.25, 0.3) is 0 Å². The summed E-state index contributed by atoms with van der Waals surface area (Å²) in [7, 11) is -3.82. The zero-order valence-electron chi connectivity index (χ0n) is 9.08. The van der Waals surface area contributed by atoms with Crippen molar-refractivity contribution in [2.24, 2.45) is 0 Å². The fourth-order valence-corrected chi connectivity index (χ4v) is 3.12. The molecule has 5 heteroatoms. The Bertz CT molecular complexity index is 572. The highest BCUT2D eigenvalue weighted by Gasteiger charge is 2.40. The van der Waals surface area contributed by atoms with Crippen LogP contribution in [0.5, 0.6) is 0 Å². The topological polar surface area (TPSA) is 80.4 Å². The van der Waals surface area contributed by atoms with E-state index in [4.69, 9.17) is 5.73 Å². The van der Waals surface area contributed by atoms with Crippen LogP contribution >= 0.6 is 0 Å². The highest BCUT2D eigenvalue weighted by Crippen LogP contribution is 2.30. The van der Waals surface area contributed by atoms with Gasteiger partial charge in [-0.3, -0.25) is 0 Å². The molecule has 0 saturated carbocycles. The Morgan fingerprint density at radius 3 is 2.35 bits per heavy atom. The van der Waals surface area contributed by atoms with E-state index in [1.165, 1.54) is 36.4 Å². The van der Waals surface area contributed by atoms with Gasteiger partial charge in [0.05, 0.1) is 4.90 Å². The summed E-state index contributed by atoms with van der Waals surface area (Å²) in [6, 6.07) is 5.79. The molecule has 0 aromatic heterocycles. The zero-order valence-corrected chi connectivity index (χ0v) is 9.89. The van der Waals surface area contributed by atoms with Crippen LogP contribution in [0.4, 0.5) is 5.69 Å². The first kappa shape index (κ1) is 11.9. The first-order valence-corrected chi connectivity index (χ1v) is 6.61. The third kappa shape index (κ3) is 1.99. The number of nitrogens with two attached hydrogens (primary N) is 1. The summed E-state index contributed by atoms with van der Waals surface area (Å²) in [6.45, 7) is 0. The highest BCUT2D eigenvalue weighted by molar-refractivity contribution is 7.92. The lowest BCUT2D eigenvalue weighted by atomic mass is 10.1. The molecule has 0 aliphatic heterocycles. The molecule has 0 fully saturated rings. The molecule has 4 nitrogen and oxygen atoms in total. The molecule has 0 saturated heterocycles. The van der Waals surface area contributed by atoms with E-state index in [9.17, 15) is 13.5 Å². The van der Waals surface area contributed by atoms with Gasteiger partial charge in [-0.25, -0.2) is 8.42 Å². The van der Waals surface area contributed by atoms with Gasteiger partial charge < -0.3 is 10.8 Å². The largest absolute Gasteiger partial charge is 0.399 e. The van der Waals surface area contributed by atoms with Crippen LogP contribution in [-0.2, 0) is 9.84 Å². The minimum atomic E-state index is -3.82. The monoisotopic (exact) mass is 251 g/mol. The Morgan fingerprint density at radius 1 is 1.18 bits per heavy atom. The molecule has 1 atom stereocenters. The fraction of sp³-hybridized carbons (Fsp3) is 0.167. The van der Waals surface area contributed by atoms with Gasteiger partial charge in [0.15, 0.2) is 4.93 Å². The molecule has 2 rings (SSSR count). The van der Waals surface area contributed by atoms with E-state index in [1.807, 2.05) is 0 Å². The second kappa shape index (κ2) is 4.01. The number of hydrogen-bond acceptors (Lipinski definition) is 4. The SMILES string of the molecule is Nc1ccc(S(=O)(=O)C2(O)C=CC=CC2)cc1. The van der Waals surface area contributed by atoms with Gasteiger partial charge in [-0.2, -0.15) is 0 Å². The summed E-state index contributed by atoms with van der Waals surface area (Å²) in [5, 5.41) is 10.2. The number of aliphatic hydroxyl groups is 1. The van der Waals surface area contributed by atoms with Crippen molar-refractivity contribution < 1.29 is 13.5 Å². The average Bonchev–Trinajstić information content (AvgIpc) is 2.30. The molecule has 1 aromatic carbocycles. The maximum Gasteiger partial charge on any atom is 0.211 e. The predicted molar refractivity (Wildman–Crippen MR) is 65.9 cm³/mol. The molecular formula is C12H13NO3S. The van der Waals surface area contributed by atoms with E-state index in [0.29, 0.717) is 5.69 Å². The van der Waals surface area contributed by atoms with Crippen molar-refractivity contribution in [2.45, 2.75) is 16.2 Å². The lowest BCUT2D eigenvalue weighted by molar-refractivity contribution is 0.175. The number of hydrogen-bond donors (Lipinski definition) is 2. The third-order valence-electron chi connectivity index (χ3n) is 2.67. The summed E-state index contributed by atoms with van der Waals surface area (Å²) < 4.78 is 24.5. The first-order valence-electron chi connectivity index (χ1n) is 5.13. The minimum Gasteiger partial charge on any atom is -0.399 e. The van der Waals surface area contributed by atoms with E-state index in [2.05, 4.69) is 0 Å². The lowest BCUT2D eigenvalue weighted by Gasteiger charge is -2.24. The molecule has 0 bridgehead atoms. The van der Waals surface area contributed by atoms with Gasteiger partial charge in [-0.15, -0.1) is 0 Å². The molecule has 90 valence electrons. The van der Waals surface area contributed by atoms with Gasteiger partial charge in [0.2, 0.25) is 9.84 Å². The fourth-order valence-electron chi connectivity index (χ4n) is 1.64. The van der Waals surface area contributed by atoms with E-state index >= 15 is 0 Å². The summed E-state index contributed by atoms with van der Waals surface area (Å²) in [4.78, 5) is -1.80. The van der Waals surface area contributed by atoms with Gasteiger partial charge in [-0.05, 0) is 30.3 Å².